The van der Waals surface area contributed by atoms with Gasteiger partial charge in [-0.3, -0.25) is 4.79 Å². The Morgan fingerprint density at radius 2 is 1.76 bits per heavy atom. The fraction of sp³-hybridized carbons (Fsp3) is 0.941. The molecule has 1 amide bonds. The minimum Gasteiger partial charge on any atom is -0.383 e. The van der Waals surface area contributed by atoms with Crippen LogP contribution in [-0.2, 0) is 9.53 Å². The van der Waals surface area contributed by atoms with Crippen LogP contribution in [0, 0.1) is 11.8 Å². The summed E-state index contributed by atoms with van der Waals surface area (Å²) in [5.41, 5.74) is 5.74. The molecule has 0 atom stereocenters. The molecule has 1 aliphatic rings. The van der Waals surface area contributed by atoms with Gasteiger partial charge in [0, 0.05) is 26.1 Å². The second-order valence-electron chi connectivity index (χ2n) is 6.38. The Bertz CT molecular complexity index is 285. The second kappa shape index (κ2) is 10.2. The number of methoxy groups -OCH3 is 1. The Balaban J connectivity index is 2.51. The Morgan fingerprint density at radius 1 is 1.19 bits per heavy atom. The van der Waals surface area contributed by atoms with Gasteiger partial charge in [-0.15, -0.1) is 0 Å². The number of nitrogens with zero attached hydrogens (tertiary/aromatic N) is 1. The third-order valence-electron chi connectivity index (χ3n) is 5.00. The molecule has 1 saturated carbocycles. The monoisotopic (exact) mass is 298 g/mol. The quantitative estimate of drug-likeness (QED) is 0.712. The molecule has 1 aliphatic carbocycles. The topological polar surface area (TPSA) is 55.6 Å². The summed E-state index contributed by atoms with van der Waals surface area (Å²) in [7, 11) is 1.70. The van der Waals surface area contributed by atoms with E-state index in [-0.39, 0.29) is 0 Å². The van der Waals surface area contributed by atoms with E-state index >= 15 is 0 Å². The Labute approximate surface area is 130 Å². The van der Waals surface area contributed by atoms with Crippen molar-refractivity contribution in [3.8, 4) is 0 Å². The van der Waals surface area contributed by atoms with Crippen molar-refractivity contribution >= 4 is 5.91 Å². The lowest BCUT2D eigenvalue weighted by molar-refractivity contribution is -0.135. The second-order valence-corrected chi connectivity index (χ2v) is 6.38. The highest BCUT2D eigenvalue weighted by molar-refractivity contribution is 5.76. The van der Waals surface area contributed by atoms with E-state index < -0.39 is 0 Å². The van der Waals surface area contributed by atoms with E-state index in [1.807, 2.05) is 0 Å². The van der Waals surface area contributed by atoms with Crippen molar-refractivity contribution in [2.24, 2.45) is 17.6 Å². The lowest BCUT2D eigenvalue weighted by atomic mass is 9.80. The van der Waals surface area contributed by atoms with E-state index in [0.717, 1.165) is 38.8 Å². The van der Waals surface area contributed by atoms with Crippen LogP contribution in [-0.4, -0.2) is 43.7 Å². The van der Waals surface area contributed by atoms with Gasteiger partial charge in [0.1, 0.15) is 0 Å². The van der Waals surface area contributed by atoms with Gasteiger partial charge in [0.15, 0.2) is 0 Å². The average Bonchev–Trinajstić information content (AvgIpc) is 2.52. The minimum absolute atomic E-state index is 0.317. The molecule has 0 aromatic rings. The van der Waals surface area contributed by atoms with Crippen molar-refractivity contribution in [2.75, 3.05) is 26.8 Å². The summed E-state index contributed by atoms with van der Waals surface area (Å²) in [6.45, 7) is 6.47. The van der Waals surface area contributed by atoms with Crippen LogP contribution in [0.1, 0.15) is 58.8 Å². The highest BCUT2D eigenvalue weighted by Gasteiger charge is 2.26. The lowest BCUT2D eigenvalue weighted by Gasteiger charge is -2.33. The molecule has 0 bridgehead atoms. The van der Waals surface area contributed by atoms with Crippen LogP contribution in [0.4, 0.5) is 0 Å². The number of carbonyl (C=O) groups excluding carboxylic acids is 1. The highest BCUT2D eigenvalue weighted by Crippen LogP contribution is 2.31. The molecule has 0 unspecified atom stereocenters. The molecule has 0 spiro atoms. The van der Waals surface area contributed by atoms with Crippen molar-refractivity contribution in [3.63, 3.8) is 0 Å². The van der Waals surface area contributed by atoms with E-state index in [2.05, 4.69) is 18.7 Å². The van der Waals surface area contributed by atoms with Gasteiger partial charge in [-0.1, -0.05) is 13.8 Å². The molecule has 0 heterocycles. The first-order chi connectivity index (χ1) is 10.2. The predicted octanol–water partition coefficient (Wildman–Crippen LogP) is 2.81. The summed E-state index contributed by atoms with van der Waals surface area (Å²) in [6.07, 6.45) is 7.45. The van der Waals surface area contributed by atoms with Gasteiger partial charge in [-0.25, -0.2) is 0 Å². The van der Waals surface area contributed by atoms with Crippen molar-refractivity contribution in [2.45, 2.75) is 64.8 Å². The average molecular weight is 298 g/mol. The van der Waals surface area contributed by atoms with Crippen LogP contribution in [0.5, 0.6) is 0 Å². The van der Waals surface area contributed by atoms with E-state index in [1.54, 1.807) is 7.11 Å². The summed E-state index contributed by atoms with van der Waals surface area (Å²) in [4.78, 5) is 14.7. The molecule has 0 aromatic heterocycles. The summed E-state index contributed by atoms with van der Waals surface area (Å²) in [5, 5.41) is 0. The molecule has 4 nitrogen and oxygen atoms in total. The Morgan fingerprint density at radius 3 is 2.24 bits per heavy atom. The van der Waals surface area contributed by atoms with Crippen molar-refractivity contribution in [1.82, 2.24) is 4.90 Å². The van der Waals surface area contributed by atoms with Gasteiger partial charge in [0.25, 0.3) is 0 Å². The molecule has 0 saturated heterocycles. The lowest BCUT2D eigenvalue weighted by Crippen LogP contribution is -2.42. The normalized spacial score (nSPS) is 22.5. The molecular weight excluding hydrogens is 264 g/mol. The zero-order valence-corrected chi connectivity index (χ0v) is 14.1. The molecule has 1 rings (SSSR count). The molecular formula is C17H34N2O2. The summed E-state index contributed by atoms with van der Waals surface area (Å²) >= 11 is 0. The van der Waals surface area contributed by atoms with E-state index in [4.69, 9.17) is 10.5 Å². The molecule has 124 valence electrons. The van der Waals surface area contributed by atoms with Crippen LogP contribution in [0.2, 0.25) is 0 Å². The maximum atomic E-state index is 12.7. The van der Waals surface area contributed by atoms with E-state index in [1.165, 1.54) is 12.8 Å². The standard InChI is InChI=1S/C17H34N2O2/c1-4-16(5-2)19(10-11-21-3)17(20)12-14-6-8-15(13-18)9-7-14/h14-16H,4-13,18H2,1-3H3. The van der Waals surface area contributed by atoms with E-state index in [9.17, 15) is 4.79 Å². The minimum atomic E-state index is 0.317. The largest absolute Gasteiger partial charge is 0.383 e. The van der Waals surface area contributed by atoms with Gasteiger partial charge < -0.3 is 15.4 Å². The zero-order chi connectivity index (χ0) is 15.7. The first-order valence-corrected chi connectivity index (χ1v) is 8.64. The number of nitrogens with two attached hydrogens (primary N) is 1. The van der Waals surface area contributed by atoms with Crippen LogP contribution >= 0.6 is 0 Å². The molecule has 0 radical (unpaired) electrons. The van der Waals surface area contributed by atoms with Gasteiger partial charge >= 0.3 is 0 Å². The fourth-order valence-corrected chi connectivity index (χ4v) is 3.47. The van der Waals surface area contributed by atoms with Gasteiger partial charge in [0.05, 0.1) is 6.61 Å². The third-order valence-corrected chi connectivity index (χ3v) is 5.00. The first-order valence-electron chi connectivity index (χ1n) is 8.64. The molecule has 4 heteroatoms. The summed E-state index contributed by atoms with van der Waals surface area (Å²) in [5.74, 6) is 1.55. The molecule has 1 fully saturated rings. The number of ether oxygens (including phenoxy) is 1. The maximum absolute atomic E-state index is 12.7. The smallest absolute Gasteiger partial charge is 0.223 e. The zero-order valence-electron chi connectivity index (χ0n) is 14.1. The van der Waals surface area contributed by atoms with Crippen LogP contribution < -0.4 is 5.73 Å². The van der Waals surface area contributed by atoms with Gasteiger partial charge in [-0.05, 0) is 56.9 Å². The van der Waals surface area contributed by atoms with Crippen molar-refractivity contribution in [3.05, 3.63) is 0 Å². The Kier molecular flexibility index (Phi) is 8.93. The summed E-state index contributed by atoms with van der Waals surface area (Å²) < 4.78 is 5.17. The SMILES string of the molecule is CCC(CC)N(CCOC)C(=O)CC1CCC(CN)CC1. The third kappa shape index (κ3) is 5.95. The molecule has 0 aliphatic heterocycles. The molecule has 0 aromatic carbocycles. The maximum Gasteiger partial charge on any atom is 0.223 e. The van der Waals surface area contributed by atoms with E-state index in [0.29, 0.717) is 36.8 Å². The van der Waals surface area contributed by atoms with Crippen LogP contribution in [0.15, 0.2) is 0 Å². The molecule has 21 heavy (non-hydrogen) atoms. The predicted molar refractivity (Wildman–Crippen MR) is 87.1 cm³/mol. The van der Waals surface area contributed by atoms with Gasteiger partial charge in [-0.2, -0.15) is 0 Å². The van der Waals surface area contributed by atoms with Crippen LogP contribution in [0.3, 0.4) is 0 Å². The number of hydrogen-bond donors (Lipinski definition) is 1. The Hall–Kier alpha value is -0.610. The van der Waals surface area contributed by atoms with Gasteiger partial charge in [0.2, 0.25) is 5.91 Å². The first kappa shape index (κ1) is 18.4. The number of carbonyl (C=O) groups is 1. The summed E-state index contributed by atoms with van der Waals surface area (Å²) in [6, 6.07) is 0.355. The number of rotatable bonds is 9. The number of hydrogen-bond acceptors (Lipinski definition) is 3. The molecule has 2 N–H and O–H groups in total. The highest BCUT2D eigenvalue weighted by atomic mass is 16.5. The fourth-order valence-electron chi connectivity index (χ4n) is 3.47. The number of amides is 1. The van der Waals surface area contributed by atoms with Crippen molar-refractivity contribution < 1.29 is 9.53 Å². The van der Waals surface area contributed by atoms with Crippen molar-refractivity contribution in [1.29, 1.82) is 0 Å². The van der Waals surface area contributed by atoms with Crippen LogP contribution in [0.25, 0.3) is 0 Å².